The molecule has 1 fully saturated rings. The Labute approximate surface area is 131 Å². The van der Waals surface area contributed by atoms with Gasteiger partial charge in [0.25, 0.3) is 0 Å². The molecule has 0 aliphatic carbocycles. The molecular weight excluding hydrogens is 304 g/mol. The molecular formula is C15H22N2O4S. The van der Waals surface area contributed by atoms with Crippen molar-refractivity contribution in [2.75, 3.05) is 19.7 Å². The Kier molecular flexibility index (Phi) is 5.08. The number of primary amides is 1. The van der Waals surface area contributed by atoms with Crippen LogP contribution in [-0.2, 0) is 14.8 Å². The zero-order valence-corrected chi connectivity index (χ0v) is 13.7. The van der Waals surface area contributed by atoms with E-state index in [0.29, 0.717) is 38.3 Å². The summed E-state index contributed by atoms with van der Waals surface area (Å²) >= 11 is 0. The highest BCUT2D eigenvalue weighted by Gasteiger charge is 2.31. The zero-order valence-electron chi connectivity index (χ0n) is 12.9. The van der Waals surface area contributed by atoms with E-state index in [0.717, 1.165) is 5.56 Å². The van der Waals surface area contributed by atoms with Crippen LogP contribution in [0, 0.1) is 12.8 Å². The van der Waals surface area contributed by atoms with Gasteiger partial charge in [-0.2, -0.15) is 4.31 Å². The van der Waals surface area contributed by atoms with E-state index in [-0.39, 0.29) is 16.7 Å². The van der Waals surface area contributed by atoms with Crippen LogP contribution in [0.5, 0.6) is 5.75 Å². The van der Waals surface area contributed by atoms with Gasteiger partial charge >= 0.3 is 0 Å². The van der Waals surface area contributed by atoms with Crippen LogP contribution in [-0.4, -0.2) is 38.3 Å². The first kappa shape index (κ1) is 16.8. The third kappa shape index (κ3) is 3.41. The van der Waals surface area contributed by atoms with E-state index in [2.05, 4.69) is 0 Å². The minimum atomic E-state index is -3.54. The van der Waals surface area contributed by atoms with Crippen molar-refractivity contribution in [3.05, 3.63) is 23.8 Å². The Balaban J connectivity index is 2.17. The first-order valence-corrected chi connectivity index (χ1v) is 8.83. The molecule has 0 aromatic heterocycles. The number of aryl methyl sites for hydroxylation is 1. The number of piperidine rings is 1. The molecule has 0 bridgehead atoms. The normalized spacial score (nSPS) is 17.4. The molecule has 7 heteroatoms. The van der Waals surface area contributed by atoms with E-state index in [4.69, 9.17) is 10.5 Å². The largest absolute Gasteiger partial charge is 0.494 e. The van der Waals surface area contributed by atoms with Gasteiger partial charge < -0.3 is 10.5 Å². The number of rotatable bonds is 5. The number of benzene rings is 1. The SMILES string of the molecule is CCOc1ccc(S(=O)(=O)N2CCC(C(N)=O)CC2)cc1C. The second-order valence-corrected chi connectivity index (χ2v) is 7.38. The number of carbonyl (C=O) groups is 1. The van der Waals surface area contributed by atoms with Crippen molar-refractivity contribution in [1.82, 2.24) is 4.31 Å². The molecule has 22 heavy (non-hydrogen) atoms. The summed E-state index contributed by atoms with van der Waals surface area (Å²) in [4.78, 5) is 11.4. The van der Waals surface area contributed by atoms with Gasteiger partial charge in [-0.3, -0.25) is 4.79 Å². The molecule has 1 aromatic carbocycles. The maximum Gasteiger partial charge on any atom is 0.243 e. The van der Waals surface area contributed by atoms with Crippen LogP contribution in [0.25, 0.3) is 0 Å². The molecule has 0 radical (unpaired) electrons. The monoisotopic (exact) mass is 326 g/mol. The summed E-state index contributed by atoms with van der Waals surface area (Å²) in [5.41, 5.74) is 6.06. The average molecular weight is 326 g/mol. The Morgan fingerprint density at radius 3 is 2.50 bits per heavy atom. The molecule has 122 valence electrons. The van der Waals surface area contributed by atoms with Crippen LogP contribution in [0.3, 0.4) is 0 Å². The number of hydrogen-bond donors (Lipinski definition) is 1. The Morgan fingerprint density at radius 2 is 2.00 bits per heavy atom. The highest BCUT2D eigenvalue weighted by Crippen LogP contribution is 2.27. The molecule has 2 N–H and O–H groups in total. The van der Waals surface area contributed by atoms with E-state index in [1.165, 1.54) is 4.31 Å². The Bertz CT molecular complexity index is 650. The maximum absolute atomic E-state index is 12.7. The third-order valence-electron chi connectivity index (χ3n) is 3.94. The second kappa shape index (κ2) is 6.66. The van der Waals surface area contributed by atoms with Crippen molar-refractivity contribution in [3.63, 3.8) is 0 Å². The van der Waals surface area contributed by atoms with Crippen molar-refractivity contribution in [3.8, 4) is 5.75 Å². The highest BCUT2D eigenvalue weighted by atomic mass is 32.2. The van der Waals surface area contributed by atoms with Gasteiger partial charge in [0.15, 0.2) is 0 Å². The summed E-state index contributed by atoms with van der Waals surface area (Å²) in [7, 11) is -3.54. The number of carbonyl (C=O) groups excluding carboxylic acids is 1. The standard InChI is InChI=1S/C15H22N2O4S/c1-3-21-14-5-4-13(10-11(14)2)22(19,20)17-8-6-12(7-9-17)15(16)18/h4-5,10,12H,3,6-9H2,1-2H3,(H2,16,18). The van der Waals surface area contributed by atoms with Gasteiger partial charge in [0.1, 0.15) is 5.75 Å². The predicted molar refractivity (Wildman–Crippen MR) is 83.0 cm³/mol. The Morgan fingerprint density at radius 1 is 1.36 bits per heavy atom. The van der Waals surface area contributed by atoms with E-state index in [1.54, 1.807) is 18.2 Å². The minimum absolute atomic E-state index is 0.228. The lowest BCUT2D eigenvalue weighted by molar-refractivity contribution is -0.122. The van der Waals surface area contributed by atoms with E-state index < -0.39 is 10.0 Å². The molecule has 1 amide bonds. The number of hydrogen-bond acceptors (Lipinski definition) is 4. The quantitative estimate of drug-likeness (QED) is 0.882. The van der Waals surface area contributed by atoms with E-state index in [1.807, 2.05) is 13.8 Å². The van der Waals surface area contributed by atoms with Gasteiger partial charge in [0.05, 0.1) is 11.5 Å². The van der Waals surface area contributed by atoms with Crippen LogP contribution < -0.4 is 10.5 Å². The molecule has 1 saturated heterocycles. The van der Waals surface area contributed by atoms with Crippen molar-refractivity contribution in [1.29, 1.82) is 0 Å². The van der Waals surface area contributed by atoms with Crippen LogP contribution >= 0.6 is 0 Å². The summed E-state index contributed by atoms with van der Waals surface area (Å²) in [6, 6.07) is 4.87. The smallest absolute Gasteiger partial charge is 0.243 e. The van der Waals surface area contributed by atoms with Crippen LogP contribution in [0.15, 0.2) is 23.1 Å². The van der Waals surface area contributed by atoms with Gasteiger partial charge in [-0.05, 0) is 50.5 Å². The number of amides is 1. The molecule has 0 saturated carbocycles. The summed E-state index contributed by atoms with van der Waals surface area (Å²) in [5.74, 6) is 0.108. The third-order valence-corrected chi connectivity index (χ3v) is 5.83. The fraction of sp³-hybridized carbons (Fsp3) is 0.533. The molecule has 1 aliphatic heterocycles. The first-order chi connectivity index (χ1) is 10.4. The van der Waals surface area contributed by atoms with Gasteiger partial charge in [-0.25, -0.2) is 8.42 Å². The molecule has 1 aliphatic rings. The number of sulfonamides is 1. The van der Waals surface area contributed by atoms with Gasteiger partial charge in [0, 0.05) is 19.0 Å². The molecule has 0 spiro atoms. The number of nitrogens with two attached hydrogens (primary N) is 1. The average Bonchev–Trinajstić information content (AvgIpc) is 2.49. The molecule has 2 rings (SSSR count). The van der Waals surface area contributed by atoms with Crippen LogP contribution in [0.4, 0.5) is 0 Å². The summed E-state index contributed by atoms with van der Waals surface area (Å²) in [6.07, 6.45) is 0.954. The van der Waals surface area contributed by atoms with Crippen LogP contribution in [0.2, 0.25) is 0 Å². The Hall–Kier alpha value is -1.60. The molecule has 0 atom stereocenters. The van der Waals surface area contributed by atoms with Crippen molar-refractivity contribution in [2.24, 2.45) is 11.7 Å². The lowest BCUT2D eigenvalue weighted by atomic mass is 9.98. The summed E-state index contributed by atoms with van der Waals surface area (Å²) in [6.45, 7) is 4.88. The minimum Gasteiger partial charge on any atom is -0.494 e. The first-order valence-electron chi connectivity index (χ1n) is 7.39. The molecule has 6 nitrogen and oxygen atoms in total. The summed E-state index contributed by atoms with van der Waals surface area (Å²) in [5, 5.41) is 0. The molecule has 1 aromatic rings. The molecule has 0 unspecified atom stereocenters. The van der Waals surface area contributed by atoms with Crippen molar-refractivity contribution in [2.45, 2.75) is 31.6 Å². The van der Waals surface area contributed by atoms with Gasteiger partial charge in [-0.1, -0.05) is 0 Å². The lowest BCUT2D eigenvalue weighted by Gasteiger charge is -2.29. The topological polar surface area (TPSA) is 89.7 Å². The second-order valence-electron chi connectivity index (χ2n) is 5.44. The zero-order chi connectivity index (χ0) is 16.3. The maximum atomic E-state index is 12.7. The number of ether oxygens (including phenoxy) is 1. The predicted octanol–water partition coefficient (Wildman–Crippen LogP) is 1.28. The van der Waals surface area contributed by atoms with Crippen LogP contribution in [0.1, 0.15) is 25.3 Å². The van der Waals surface area contributed by atoms with E-state index >= 15 is 0 Å². The summed E-state index contributed by atoms with van der Waals surface area (Å²) < 4.78 is 32.2. The fourth-order valence-corrected chi connectivity index (χ4v) is 4.18. The van der Waals surface area contributed by atoms with E-state index in [9.17, 15) is 13.2 Å². The van der Waals surface area contributed by atoms with Crippen molar-refractivity contribution >= 4 is 15.9 Å². The highest BCUT2D eigenvalue weighted by molar-refractivity contribution is 7.89. The van der Waals surface area contributed by atoms with Crippen molar-refractivity contribution < 1.29 is 17.9 Å². The molecule has 1 heterocycles. The number of nitrogens with zero attached hydrogens (tertiary/aromatic N) is 1. The lowest BCUT2D eigenvalue weighted by Crippen LogP contribution is -2.41. The fourth-order valence-electron chi connectivity index (χ4n) is 2.63. The van der Waals surface area contributed by atoms with Gasteiger partial charge in [0.2, 0.25) is 15.9 Å². The van der Waals surface area contributed by atoms with Gasteiger partial charge in [-0.15, -0.1) is 0 Å².